The molecule has 0 saturated carbocycles. The second-order valence-electron chi connectivity index (χ2n) is 18.3. The Balaban J connectivity index is 1.40. The van der Waals surface area contributed by atoms with Gasteiger partial charge in [-0.05, 0) is 68.2 Å². The van der Waals surface area contributed by atoms with Crippen molar-refractivity contribution in [3.05, 3.63) is 77.6 Å². The highest BCUT2D eigenvalue weighted by atomic mass is 16.4. The van der Waals surface area contributed by atoms with Crippen LogP contribution in [0, 0.1) is 0 Å². The van der Waals surface area contributed by atoms with Gasteiger partial charge in [0.05, 0.1) is 31.9 Å². The number of carboxylic acid groups (broad SMARTS) is 6. The number of carbonyl (C=O) groups is 10. The summed E-state index contributed by atoms with van der Waals surface area (Å²) < 4.78 is 0. The molecule has 4 amide bonds. The Kier molecular flexibility index (Phi) is 24.4. The maximum Gasteiger partial charge on any atom is 0.326 e. The molecule has 1 aliphatic rings. The van der Waals surface area contributed by atoms with E-state index >= 15 is 0 Å². The van der Waals surface area contributed by atoms with Gasteiger partial charge in [0.15, 0.2) is 0 Å². The molecule has 2 aromatic carbocycles. The molecular formula is C50H67N9O16. The van der Waals surface area contributed by atoms with Crippen molar-refractivity contribution >= 4 is 70.2 Å². The van der Waals surface area contributed by atoms with E-state index in [4.69, 9.17) is 0 Å². The number of urea groups is 1. The number of fused-ring (bicyclic) bond motifs is 1. The van der Waals surface area contributed by atoms with Crippen molar-refractivity contribution in [3.63, 3.8) is 0 Å². The Morgan fingerprint density at radius 2 is 1.15 bits per heavy atom. The quantitative estimate of drug-likeness (QED) is 0.0457. The van der Waals surface area contributed by atoms with E-state index in [1.54, 1.807) is 55.0 Å². The molecule has 25 nitrogen and oxygen atoms in total. The molecule has 2 heterocycles. The monoisotopic (exact) mass is 1050 g/mol. The molecule has 25 heteroatoms. The molecule has 408 valence electrons. The molecule has 1 saturated heterocycles. The zero-order chi connectivity index (χ0) is 55.0. The van der Waals surface area contributed by atoms with Crippen LogP contribution in [0.2, 0.25) is 0 Å². The Morgan fingerprint density at radius 3 is 1.67 bits per heavy atom. The molecule has 0 aliphatic carbocycles. The normalized spacial score (nSPS) is 15.5. The van der Waals surface area contributed by atoms with Gasteiger partial charge in [0.2, 0.25) is 5.91 Å². The molecule has 4 rings (SSSR count). The van der Waals surface area contributed by atoms with Crippen LogP contribution in [0.25, 0.3) is 10.8 Å². The topological polar surface area (TPSA) is 357 Å². The van der Waals surface area contributed by atoms with E-state index in [1.165, 1.54) is 6.92 Å². The lowest BCUT2D eigenvalue weighted by molar-refractivity contribution is -0.145. The first kappa shape index (κ1) is 59.9. The zero-order valence-corrected chi connectivity index (χ0v) is 41.8. The molecule has 75 heavy (non-hydrogen) atoms. The van der Waals surface area contributed by atoms with Crippen molar-refractivity contribution in [2.75, 3.05) is 78.5 Å². The number of hydrogen-bond donors (Lipinski definition) is 9. The first-order chi connectivity index (χ1) is 35.7. The molecule has 1 unspecified atom stereocenters. The molecule has 3 atom stereocenters. The van der Waals surface area contributed by atoms with E-state index in [2.05, 4.69) is 20.9 Å². The molecular weight excluding hydrogens is 983 g/mol. The molecule has 3 aromatic rings. The van der Waals surface area contributed by atoms with E-state index in [0.717, 1.165) is 10.8 Å². The smallest absolute Gasteiger partial charge is 0.326 e. The highest BCUT2D eigenvalue weighted by Gasteiger charge is 2.30. The van der Waals surface area contributed by atoms with Crippen molar-refractivity contribution in [2.24, 2.45) is 0 Å². The number of rotatable bonds is 28. The predicted octanol–water partition coefficient (Wildman–Crippen LogP) is 0.947. The number of unbranched alkanes of at least 4 members (excludes halogenated alkanes) is 1. The number of hydrogen-bond acceptors (Lipinski definition) is 15. The van der Waals surface area contributed by atoms with Crippen LogP contribution in [0.15, 0.2) is 60.8 Å². The Morgan fingerprint density at radius 1 is 0.613 bits per heavy atom. The largest absolute Gasteiger partial charge is 0.480 e. The number of carbonyl (C=O) groups excluding carboxylic acids is 4. The Labute approximate surface area is 432 Å². The van der Waals surface area contributed by atoms with Gasteiger partial charge < -0.3 is 56.3 Å². The van der Waals surface area contributed by atoms with E-state index in [1.807, 2.05) is 30.3 Å². The zero-order valence-electron chi connectivity index (χ0n) is 41.8. The second-order valence-corrected chi connectivity index (χ2v) is 18.3. The lowest BCUT2D eigenvalue weighted by Crippen LogP contribution is -2.52. The number of nitrogens with one attached hydrogen (secondary N) is 3. The van der Waals surface area contributed by atoms with Crippen LogP contribution >= 0.6 is 0 Å². The molecule has 0 radical (unpaired) electrons. The highest BCUT2D eigenvalue weighted by Crippen LogP contribution is 2.20. The summed E-state index contributed by atoms with van der Waals surface area (Å²) in [4.78, 5) is 135. The number of amides is 4. The van der Waals surface area contributed by atoms with Gasteiger partial charge in [-0.15, -0.1) is 0 Å². The van der Waals surface area contributed by atoms with Crippen LogP contribution in [-0.4, -0.2) is 216 Å². The third-order valence-corrected chi connectivity index (χ3v) is 12.6. The fourth-order valence-electron chi connectivity index (χ4n) is 8.49. The van der Waals surface area contributed by atoms with Crippen LogP contribution in [0.5, 0.6) is 0 Å². The summed E-state index contributed by atoms with van der Waals surface area (Å²) in [6, 6.07) is 10.8. The van der Waals surface area contributed by atoms with Crippen LogP contribution < -0.4 is 16.0 Å². The van der Waals surface area contributed by atoms with Crippen LogP contribution in [-0.2, 0) is 51.4 Å². The highest BCUT2D eigenvalue weighted by molar-refractivity contribution is 5.95. The van der Waals surface area contributed by atoms with Crippen molar-refractivity contribution in [3.8, 4) is 0 Å². The standard InChI is InChI=1S/C50H67N9O16/c1-33(60)9-14-39(48(71)72)54-50(75)53-38(47(69)70)8-4-5-19-59(29-40-37-7-3-2-6-35(37)17-18-51-40)46(68)36-12-10-34(11-13-36)28-52-42(61)16-15-41(49(73)74)58-26-24-56(31-44(64)65)22-20-55(30-43(62)63)21-23-57(25-27-58)32-45(66)67/h2-3,6-7,10-13,17-18,38-39,41H,4-5,8-9,14-16,19-32H2,1H3,(H,52,61)(H,62,63)(H,64,65)(H,66,67)(H,69,70)(H,71,72)(H,73,74)(H2,53,54,75)/t38-,39-,41?/m1/s1. The van der Waals surface area contributed by atoms with Gasteiger partial charge in [-0.25, -0.2) is 14.4 Å². The van der Waals surface area contributed by atoms with E-state index < -0.39 is 65.9 Å². The Hall–Kier alpha value is -7.61. The summed E-state index contributed by atoms with van der Waals surface area (Å²) in [6.07, 6.45) is 1.47. The number of aromatic nitrogens is 1. The Bertz CT molecular complexity index is 2440. The molecule has 1 aromatic heterocycles. The number of aliphatic carboxylic acids is 6. The summed E-state index contributed by atoms with van der Waals surface area (Å²) in [5, 5.41) is 67.2. The van der Waals surface area contributed by atoms with Gasteiger partial charge in [0.1, 0.15) is 23.9 Å². The molecule has 9 N–H and O–H groups in total. The molecule has 0 bridgehead atoms. The van der Waals surface area contributed by atoms with Gasteiger partial charge in [-0.1, -0.05) is 36.4 Å². The number of pyridine rings is 1. The van der Waals surface area contributed by atoms with E-state index in [-0.39, 0.29) is 142 Å². The average molecular weight is 1050 g/mol. The van der Waals surface area contributed by atoms with E-state index in [9.17, 15) is 78.6 Å². The van der Waals surface area contributed by atoms with E-state index in [0.29, 0.717) is 23.2 Å². The third kappa shape index (κ3) is 21.4. The van der Waals surface area contributed by atoms with Gasteiger partial charge in [0.25, 0.3) is 5.91 Å². The van der Waals surface area contributed by atoms with Gasteiger partial charge in [0, 0.05) is 95.4 Å². The molecule has 1 aliphatic heterocycles. The summed E-state index contributed by atoms with van der Waals surface area (Å²) in [5.41, 5.74) is 1.52. The number of Topliss-reactive ketones (excluding diaryl/α,β-unsaturated/α-hetero) is 1. The van der Waals surface area contributed by atoms with Crippen molar-refractivity contribution in [1.29, 1.82) is 0 Å². The van der Waals surface area contributed by atoms with Crippen LogP contribution in [0.1, 0.15) is 73.5 Å². The summed E-state index contributed by atoms with van der Waals surface area (Å²) in [7, 11) is 0. The first-order valence-corrected chi connectivity index (χ1v) is 24.5. The van der Waals surface area contributed by atoms with Crippen molar-refractivity contribution in [1.82, 2.24) is 45.4 Å². The lowest BCUT2D eigenvalue weighted by atomic mass is 10.1. The average Bonchev–Trinajstić information content (AvgIpc) is 3.34. The van der Waals surface area contributed by atoms with Crippen molar-refractivity contribution in [2.45, 2.75) is 83.1 Å². The lowest BCUT2D eigenvalue weighted by Gasteiger charge is -2.35. The number of benzene rings is 2. The first-order valence-electron chi connectivity index (χ1n) is 24.5. The maximum absolute atomic E-state index is 14.2. The van der Waals surface area contributed by atoms with Crippen LogP contribution in [0.4, 0.5) is 4.79 Å². The van der Waals surface area contributed by atoms with Gasteiger partial charge in [-0.2, -0.15) is 0 Å². The maximum atomic E-state index is 14.2. The minimum Gasteiger partial charge on any atom is -0.480 e. The van der Waals surface area contributed by atoms with Crippen LogP contribution in [0.3, 0.4) is 0 Å². The fourth-order valence-corrected chi connectivity index (χ4v) is 8.49. The second kappa shape index (κ2) is 30.6. The van der Waals surface area contributed by atoms with Gasteiger partial charge in [-0.3, -0.25) is 53.4 Å². The summed E-state index contributed by atoms with van der Waals surface area (Å²) >= 11 is 0. The fraction of sp³-hybridized carbons (Fsp3) is 0.500. The van der Waals surface area contributed by atoms with Crippen molar-refractivity contribution < 1.29 is 78.6 Å². The summed E-state index contributed by atoms with van der Waals surface area (Å²) in [6.45, 7) is 1.35. The minimum atomic E-state index is -1.41. The minimum absolute atomic E-state index is 0.0256. The number of ketones is 1. The van der Waals surface area contributed by atoms with Gasteiger partial charge >= 0.3 is 41.8 Å². The SMILES string of the molecule is CC(=O)CC[C@@H](NC(=O)N[C@H](CCCCN(Cc1nccc2ccccc12)C(=O)c1ccc(CNC(=O)CCC(C(=O)O)N2CCN(CC(=O)O)CCN(CC(=O)O)CCN(CC(=O)O)CC2)cc1)C(=O)O)C(=O)O. The third-order valence-electron chi connectivity index (χ3n) is 12.6. The molecule has 0 spiro atoms. The number of nitrogens with zero attached hydrogens (tertiary/aromatic N) is 6. The predicted molar refractivity (Wildman–Crippen MR) is 268 cm³/mol. The number of carboxylic acids is 6. The summed E-state index contributed by atoms with van der Waals surface area (Å²) in [5.74, 6) is -8.47. The molecule has 1 fully saturated rings.